The number of morpholine rings is 1. The number of amides is 1. The Morgan fingerprint density at radius 2 is 2.08 bits per heavy atom. The van der Waals surface area contributed by atoms with Crippen molar-refractivity contribution in [2.45, 2.75) is 18.0 Å². The molecule has 2 fully saturated rings. The minimum Gasteiger partial charge on any atom is -0.481 e. The minimum atomic E-state index is -0.801. The lowest BCUT2D eigenvalue weighted by Crippen LogP contribution is -2.43. The molecule has 0 bridgehead atoms. The molecular formula is C16H22N4O4S. The van der Waals surface area contributed by atoms with Gasteiger partial charge in [-0.05, 0) is 19.1 Å². The van der Waals surface area contributed by atoms with Crippen molar-refractivity contribution in [3.63, 3.8) is 0 Å². The van der Waals surface area contributed by atoms with Crippen molar-refractivity contribution in [2.75, 3.05) is 50.5 Å². The number of nitrogens with zero attached hydrogens (tertiary/aromatic N) is 4. The number of carboxylic acid groups (broad SMARTS) is 1. The number of ether oxygens (including phenoxy) is 1. The number of carboxylic acids is 1. The second-order valence-electron chi connectivity index (χ2n) is 6.12. The monoisotopic (exact) mass is 366 g/mol. The zero-order chi connectivity index (χ0) is 17.8. The Morgan fingerprint density at radius 1 is 1.32 bits per heavy atom. The van der Waals surface area contributed by atoms with Crippen LogP contribution in [0.1, 0.15) is 23.2 Å². The number of thioether (sulfide) groups is 1. The molecule has 3 rings (SSSR count). The fraction of sp³-hybridized carbons (Fsp3) is 0.625. The maximum absolute atomic E-state index is 12.9. The fourth-order valence-corrected chi connectivity index (χ4v) is 3.49. The Morgan fingerprint density at radius 3 is 2.76 bits per heavy atom. The van der Waals surface area contributed by atoms with Crippen molar-refractivity contribution in [3.8, 4) is 0 Å². The summed E-state index contributed by atoms with van der Waals surface area (Å²) in [5.41, 5.74) is 0.436. The molecule has 0 saturated carbocycles. The highest BCUT2D eigenvalue weighted by atomic mass is 32.2. The molecule has 8 nitrogen and oxygen atoms in total. The van der Waals surface area contributed by atoms with Crippen LogP contribution in [-0.4, -0.2) is 77.5 Å². The molecule has 0 aromatic carbocycles. The normalized spacial score (nSPS) is 21.2. The number of aliphatic carboxylic acids is 1. The third kappa shape index (κ3) is 4.04. The van der Waals surface area contributed by atoms with E-state index in [2.05, 4.69) is 9.97 Å². The molecule has 1 atom stereocenters. The number of hydrogen-bond acceptors (Lipinski definition) is 7. The van der Waals surface area contributed by atoms with Gasteiger partial charge in [0, 0.05) is 32.4 Å². The van der Waals surface area contributed by atoms with Crippen LogP contribution in [0.3, 0.4) is 0 Å². The van der Waals surface area contributed by atoms with E-state index in [1.807, 2.05) is 11.2 Å². The molecule has 1 amide bonds. The van der Waals surface area contributed by atoms with Crippen LogP contribution in [0, 0.1) is 5.92 Å². The predicted octanol–water partition coefficient (Wildman–Crippen LogP) is 0.972. The number of carbonyl (C=O) groups is 2. The number of rotatable bonds is 4. The first-order chi connectivity index (χ1) is 12.1. The molecule has 0 aliphatic carbocycles. The molecule has 1 aromatic rings. The average Bonchev–Trinajstić information content (AvgIpc) is 2.67. The van der Waals surface area contributed by atoms with Crippen molar-refractivity contribution in [2.24, 2.45) is 5.92 Å². The fourth-order valence-electron chi connectivity index (χ4n) is 3.16. The van der Waals surface area contributed by atoms with Gasteiger partial charge in [-0.3, -0.25) is 9.59 Å². The lowest BCUT2D eigenvalue weighted by Gasteiger charge is -2.34. The molecular weight excluding hydrogens is 344 g/mol. The highest BCUT2D eigenvalue weighted by Crippen LogP contribution is 2.27. The highest BCUT2D eigenvalue weighted by molar-refractivity contribution is 7.98. The van der Waals surface area contributed by atoms with E-state index in [-0.39, 0.29) is 5.91 Å². The zero-order valence-corrected chi connectivity index (χ0v) is 15.0. The van der Waals surface area contributed by atoms with Crippen LogP contribution in [0.2, 0.25) is 0 Å². The number of carbonyl (C=O) groups excluding carboxylic acids is 1. The summed E-state index contributed by atoms with van der Waals surface area (Å²) < 4.78 is 5.31. The summed E-state index contributed by atoms with van der Waals surface area (Å²) in [5, 5.41) is 9.91. The van der Waals surface area contributed by atoms with Gasteiger partial charge in [0.05, 0.1) is 19.1 Å². The van der Waals surface area contributed by atoms with Gasteiger partial charge < -0.3 is 19.6 Å². The molecule has 9 heteroatoms. The van der Waals surface area contributed by atoms with Crippen LogP contribution in [-0.2, 0) is 9.53 Å². The smallest absolute Gasteiger partial charge is 0.308 e. The van der Waals surface area contributed by atoms with Crippen molar-refractivity contribution in [1.82, 2.24) is 14.9 Å². The molecule has 2 aliphatic rings. The van der Waals surface area contributed by atoms with Crippen LogP contribution in [0.4, 0.5) is 5.82 Å². The van der Waals surface area contributed by atoms with Gasteiger partial charge in [0.2, 0.25) is 0 Å². The van der Waals surface area contributed by atoms with Crippen molar-refractivity contribution in [3.05, 3.63) is 11.8 Å². The molecule has 2 saturated heterocycles. The van der Waals surface area contributed by atoms with Crippen LogP contribution >= 0.6 is 11.8 Å². The Hall–Kier alpha value is -1.87. The molecule has 0 unspecified atom stereocenters. The van der Waals surface area contributed by atoms with Gasteiger partial charge in [-0.2, -0.15) is 0 Å². The van der Waals surface area contributed by atoms with Crippen LogP contribution in [0.5, 0.6) is 0 Å². The quantitative estimate of drug-likeness (QED) is 0.622. The number of anilines is 1. The van der Waals surface area contributed by atoms with Gasteiger partial charge in [-0.1, -0.05) is 11.8 Å². The number of aromatic nitrogens is 2. The van der Waals surface area contributed by atoms with E-state index in [0.29, 0.717) is 62.4 Å². The number of piperidine rings is 1. The number of hydrogen-bond donors (Lipinski definition) is 1. The van der Waals surface area contributed by atoms with E-state index in [0.717, 1.165) is 6.42 Å². The lowest BCUT2D eigenvalue weighted by atomic mass is 9.98. The van der Waals surface area contributed by atoms with E-state index in [1.165, 1.54) is 11.8 Å². The molecule has 0 spiro atoms. The summed E-state index contributed by atoms with van der Waals surface area (Å²) in [6.45, 7) is 3.19. The van der Waals surface area contributed by atoms with E-state index < -0.39 is 11.9 Å². The zero-order valence-electron chi connectivity index (χ0n) is 14.2. The molecule has 2 aliphatic heterocycles. The molecule has 1 aromatic heterocycles. The summed E-state index contributed by atoms with van der Waals surface area (Å²) in [7, 11) is 0. The third-order valence-electron chi connectivity index (χ3n) is 4.53. The largest absolute Gasteiger partial charge is 0.481 e. The van der Waals surface area contributed by atoms with Gasteiger partial charge in [0.25, 0.3) is 5.91 Å². The first kappa shape index (κ1) is 17.9. The van der Waals surface area contributed by atoms with Gasteiger partial charge >= 0.3 is 5.97 Å². The Kier molecular flexibility index (Phi) is 5.74. The van der Waals surface area contributed by atoms with E-state index in [4.69, 9.17) is 4.74 Å². The molecule has 3 heterocycles. The summed E-state index contributed by atoms with van der Waals surface area (Å²) >= 11 is 1.40. The lowest BCUT2D eigenvalue weighted by molar-refractivity contribution is -0.141. The minimum absolute atomic E-state index is 0.122. The van der Waals surface area contributed by atoms with E-state index in [1.54, 1.807) is 11.1 Å². The standard InChI is InChI=1S/C16H22N4O4S/c1-25-16-17-9-12(14(21)19-5-7-24-8-6-19)13(18-16)20-4-2-3-11(10-20)15(22)23/h9,11H,2-8,10H2,1H3,(H,22,23)/t11-/m0/s1. The third-order valence-corrected chi connectivity index (χ3v) is 5.09. The first-order valence-corrected chi connectivity index (χ1v) is 9.58. The topological polar surface area (TPSA) is 95.9 Å². The van der Waals surface area contributed by atoms with E-state index >= 15 is 0 Å². The van der Waals surface area contributed by atoms with Gasteiger partial charge in [-0.15, -0.1) is 0 Å². The highest BCUT2D eigenvalue weighted by Gasteiger charge is 2.30. The first-order valence-electron chi connectivity index (χ1n) is 8.36. The second-order valence-corrected chi connectivity index (χ2v) is 6.90. The van der Waals surface area contributed by atoms with Crippen molar-refractivity contribution in [1.29, 1.82) is 0 Å². The summed E-state index contributed by atoms with van der Waals surface area (Å²) in [6.07, 6.45) is 4.86. The van der Waals surface area contributed by atoms with E-state index in [9.17, 15) is 14.7 Å². The Balaban J connectivity index is 1.90. The molecule has 0 radical (unpaired) electrons. The van der Waals surface area contributed by atoms with Gasteiger partial charge in [0.1, 0.15) is 11.4 Å². The van der Waals surface area contributed by atoms with Gasteiger partial charge in [-0.25, -0.2) is 9.97 Å². The van der Waals surface area contributed by atoms with Crippen molar-refractivity contribution < 1.29 is 19.4 Å². The second kappa shape index (κ2) is 8.01. The maximum Gasteiger partial charge on any atom is 0.308 e. The molecule has 25 heavy (non-hydrogen) atoms. The summed E-state index contributed by atoms with van der Waals surface area (Å²) in [4.78, 5) is 36.7. The average molecular weight is 366 g/mol. The molecule has 1 N–H and O–H groups in total. The summed E-state index contributed by atoms with van der Waals surface area (Å²) in [5.74, 6) is -0.817. The Labute approximate surface area is 150 Å². The van der Waals surface area contributed by atoms with Crippen LogP contribution < -0.4 is 4.90 Å². The SMILES string of the molecule is CSc1ncc(C(=O)N2CCOCC2)c(N2CCC[C@H](C(=O)O)C2)n1. The maximum atomic E-state index is 12.9. The van der Waals surface area contributed by atoms with Crippen molar-refractivity contribution >= 4 is 29.5 Å². The predicted molar refractivity (Wildman–Crippen MR) is 93.1 cm³/mol. The van der Waals surface area contributed by atoms with Crippen LogP contribution in [0.25, 0.3) is 0 Å². The molecule has 136 valence electrons. The Bertz CT molecular complexity index is 651. The van der Waals surface area contributed by atoms with Crippen LogP contribution in [0.15, 0.2) is 11.4 Å². The summed E-state index contributed by atoms with van der Waals surface area (Å²) in [6, 6.07) is 0. The van der Waals surface area contributed by atoms with Gasteiger partial charge in [0.15, 0.2) is 5.16 Å².